The minimum Gasteiger partial charge on any atom is -0.496 e. The lowest BCUT2D eigenvalue weighted by molar-refractivity contribution is 0.194. The average Bonchev–Trinajstić information content (AvgIpc) is 2.15. The Morgan fingerprint density at radius 3 is 2.64 bits per heavy atom. The molecule has 0 spiro atoms. The van der Waals surface area contributed by atoms with E-state index in [2.05, 4.69) is 15.9 Å². The van der Waals surface area contributed by atoms with Gasteiger partial charge in [0.05, 0.1) is 18.8 Å². The van der Waals surface area contributed by atoms with Crippen molar-refractivity contribution < 1.29 is 18.6 Å². The third kappa shape index (κ3) is 2.22. The van der Waals surface area contributed by atoms with Gasteiger partial charge >= 0.3 is 0 Å². The summed E-state index contributed by atoms with van der Waals surface area (Å²) in [5.74, 6) is -1.53. The smallest absolute Gasteiger partial charge is 0.135 e. The van der Waals surface area contributed by atoms with Gasteiger partial charge in [-0.15, -0.1) is 0 Å². The van der Waals surface area contributed by atoms with E-state index in [9.17, 15) is 13.9 Å². The molecule has 78 valence electrons. The third-order valence-electron chi connectivity index (χ3n) is 1.76. The van der Waals surface area contributed by atoms with Gasteiger partial charge in [-0.2, -0.15) is 0 Å². The largest absolute Gasteiger partial charge is 0.496 e. The standard InChI is InChI=1S/C9H9BrF2O2/c1-14-8-3-5(11)2-6(12)9(8)7(13)4-10/h2-3,7,13H,4H2,1H3. The lowest BCUT2D eigenvalue weighted by Crippen LogP contribution is -2.05. The highest BCUT2D eigenvalue weighted by atomic mass is 79.9. The van der Waals surface area contributed by atoms with Crippen molar-refractivity contribution in [1.82, 2.24) is 0 Å². The Bertz CT molecular complexity index is 331. The fraction of sp³-hybridized carbons (Fsp3) is 0.333. The van der Waals surface area contributed by atoms with E-state index in [0.29, 0.717) is 6.07 Å². The van der Waals surface area contributed by atoms with Crippen molar-refractivity contribution in [3.63, 3.8) is 0 Å². The Labute approximate surface area is 88.6 Å². The van der Waals surface area contributed by atoms with Gasteiger partial charge in [-0.3, -0.25) is 0 Å². The first kappa shape index (κ1) is 11.4. The Morgan fingerprint density at radius 1 is 1.50 bits per heavy atom. The Morgan fingerprint density at radius 2 is 2.14 bits per heavy atom. The number of benzene rings is 1. The van der Waals surface area contributed by atoms with Crippen LogP contribution in [0.4, 0.5) is 8.78 Å². The first-order chi connectivity index (χ1) is 6.60. The maximum absolute atomic E-state index is 13.2. The number of halogens is 3. The number of rotatable bonds is 3. The van der Waals surface area contributed by atoms with E-state index in [1.165, 1.54) is 7.11 Å². The molecule has 2 nitrogen and oxygen atoms in total. The summed E-state index contributed by atoms with van der Waals surface area (Å²) < 4.78 is 30.8. The summed E-state index contributed by atoms with van der Waals surface area (Å²) in [6.07, 6.45) is -1.05. The molecule has 0 aromatic heterocycles. The minimum absolute atomic E-state index is 0.00875. The lowest BCUT2D eigenvalue weighted by atomic mass is 10.1. The second-order valence-corrected chi connectivity index (χ2v) is 3.32. The van der Waals surface area contributed by atoms with Crippen LogP contribution in [0.1, 0.15) is 11.7 Å². The van der Waals surface area contributed by atoms with E-state index in [-0.39, 0.29) is 16.6 Å². The molecule has 0 aliphatic carbocycles. The molecule has 0 saturated carbocycles. The summed E-state index contributed by atoms with van der Waals surface area (Å²) in [6, 6.07) is 1.74. The second-order valence-electron chi connectivity index (χ2n) is 2.67. The molecule has 1 aromatic rings. The summed E-state index contributed by atoms with van der Waals surface area (Å²) >= 11 is 3.00. The minimum atomic E-state index is -1.05. The van der Waals surface area contributed by atoms with Gasteiger partial charge in [0.15, 0.2) is 0 Å². The van der Waals surface area contributed by atoms with E-state index in [4.69, 9.17) is 4.74 Å². The van der Waals surface area contributed by atoms with Gasteiger partial charge in [0.2, 0.25) is 0 Å². The van der Waals surface area contributed by atoms with Gasteiger partial charge < -0.3 is 9.84 Å². The zero-order valence-electron chi connectivity index (χ0n) is 7.43. The van der Waals surface area contributed by atoms with Crippen LogP contribution in [0.15, 0.2) is 12.1 Å². The molecule has 1 aromatic carbocycles. The van der Waals surface area contributed by atoms with Gasteiger partial charge in [0.25, 0.3) is 0 Å². The summed E-state index contributed by atoms with van der Waals surface area (Å²) in [4.78, 5) is 0. The summed E-state index contributed by atoms with van der Waals surface area (Å²) in [6.45, 7) is 0. The van der Waals surface area contributed by atoms with E-state index in [0.717, 1.165) is 6.07 Å². The van der Waals surface area contributed by atoms with Crippen molar-refractivity contribution >= 4 is 15.9 Å². The quantitative estimate of drug-likeness (QED) is 0.852. The molecule has 0 aliphatic heterocycles. The molecule has 0 amide bonds. The summed E-state index contributed by atoms with van der Waals surface area (Å²) in [5.41, 5.74) is -0.0363. The van der Waals surface area contributed by atoms with Gasteiger partial charge in [-0.25, -0.2) is 8.78 Å². The van der Waals surface area contributed by atoms with Crippen molar-refractivity contribution in [2.45, 2.75) is 6.10 Å². The topological polar surface area (TPSA) is 29.5 Å². The number of hydrogen-bond acceptors (Lipinski definition) is 2. The first-order valence-corrected chi connectivity index (χ1v) is 4.99. The van der Waals surface area contributed by atoms with Crippen LogP contribution in [-0.2, 0) is 0 Å². The molecule has 0 bridgehead atoms. The molecule has 1 atom stereocenters. The van der Waals surface area contributed by atoms with Gasteiger partial charge in [0, 0.05) is 17.5 Å². The summed E-state index contributed by atoms with van der Waals surface area (Å²) in [5, 5.41) is 9.58. The van der Waals surface area contributed by atoms with Crippen LogP contribution in [0.25, 0.3) is 0 Å². The van der Waals surface area contributed by atoms with E-state index in [1.807, 2.05) is 0 Å². The van der Waals surface area contributed by atoms with Crippen LogP contribution in [0.5, 0.6) is 5.75 Å². The second kappa shape index (κ2) is 4.70. The van der Waals surface area contributed by atoms with Crippen LogP contribution in [0, 0.1) is 11.6 Å². The average molecular weight is 267 g/mol. The van der Waals surface area contributed by atoms with Gasteiger partial charge in [-0.1, -0.05) is 15.9 Å². The molecule has 0 saturated heterocycles. The highest BCUT2D eigenvalue weighted by Crippen LogP contribution is 2.29. The molecular weight excluding hydrogens is 258 g/mol. The van der Waals surface area contributed by atoms with Gasteiger partial charge in [-0.05, 0) is 0 Å². The van der Waals surface area contributed by atoms with E-state index >= 15 is 0 Å². The van der Waals surface area contributed by atoms with Crippen molar-refractivity contribution in [2.24, 2.45) is 0 Å². The van der Waals surface area contributed by atoms with Crippen molar-refractivity contribution in [1.29, 1.82) is 0 Å². The van der Waals surface area contributed by atoms with Crippen LogP contribution in [-0.4, -0.2) is 17.5 Å². The zero-order chi connectivity index (χ0) is 10.7. The molecule has 1 N–H and O–H groups in total. The van der Waals surface area contributed by atoms with Crippen molar-refractivity contribution in [2.75, 3.05) is 12.4 Å². The molecule has 0 aliphatic rings. The Kier molecular flexibility index (Phi) is 3.83. The lowest BCUT2D eigenvalue weighted by Gasteiger charge is -2.13. The number of alkyl halides is 1. The summed E-state index contributed by atoms with van der Waals surface area (Å²) in [7, 11) is 1.29. The number of aliphatic hydroxyl groups excluding tert-OH is 1. The third-order valence-corrected chi connectivity index (χ3v) is 2.37. The Hall–Kier alpha value is -0.680. The molecule has 0 heterocycles. The SMILES string of the molecule is COc1cc(F)cc(F)c1C(O)CBr. The fourth-order valence-electron chi connectivity index (χ4n) is 1.13. The Balaban J connectivity index is 3.24. The highest BCUT2D eigenvalue weighted by molar-refractivity contribution is 9.09. The van der Waals surface area contributed by atoms with Crippen molar-refractivity contribution in [3.05, 3.63) is 29.3 Å². The number of hydrogen-bond donors (Lipinski definition) is 1. The van der Waals surface area contributed by atoms with Crippen LogP contribution in [0.3, 0.4) is 0 Å². The normalized spacial score (nSPS) is 12.6. The molecule has 0 fully saturated rings. The van der Waals surface area contributed by atoms with E-state index in [1.54, 1.807) is 0 Å². The maximum Gasteiger partial charge on any atom is 0.135 e. The predicted octanol–water partition coefficient (Wildman–Crippen LogP) is 2.40. The monoisotopic (exact) mass is 266 g/mol. The number of ether oxygens (including phenoxy) is 1. The number of methoxy groups -OCH3 is 1. The first-order valence-electron chi connectivity index (χ1n) is 3.87. The molecule has 1 rings (SSSR count). The molecule has 0 radical (unpaired) electrons. The molecule has 14 heavy (non-hydrogen) atoms. The van der Waals surface area contributed by atoms with Gasteiger partial charge in [0.1, 0.15) is 17.4 Å². The molecular formula is C9H9BrF2O2. The molecule has 5 heteroatoms. The van der Waals surface area contributed by atoms with Crippen LogP contribution in [0.2, 0.25) is 0 Å². The zero-order valence-corrected chi connectivity index (χ0v) is 9.01. The molecule has 1 unspecified atom stereocenters. The maximum atomic E-state index is 13.2. The highest BCUT2D eigenvalue weighted by Gasteiger charge is 2.18. The van der Waals surface area contributed by atoms with Crippen LogP contribution < -0.4 is 4.74 Å². The predicted molar refractivity (Wildman–Crippen MR) is 51.7 cm³/mol. The van der Waals surface area contributed by atoms with Crippen LogP contribution >= 0.6 is 15.9 Å². The fourth-order valence-corrected chi connectivity index (χ4v) is 1.45. The van der Waals surface area contributed by atoms with Crippen molar-refractivity contribution in [3.8, 4) is 5.75 Å². The number of aliphatic hydroxyl groups is 1. The van der Waals surface area contributed by atoms with E-state index < -0.39 is 17.7 Å².